The Kier molecular flexibility index (Phi) is 10.3. The second-order valence-corrected chi connectivity index (χ2v) is 6.34. The number of hydrogen-bond donors (Lipinski definition) is 3. The van der Waals surface area contributed by atoms with E-state index < -0.39 is 0 Å². The molecule has 1 atom stereocenters. The molecule has 2 rings (SSSR count). The summed E-state index contributed by atoms with van der Waals surface area (Å²) in [7, 11) is 1.54. The third kappa shape index (κ3) is 7.10. The van der Waals surface area contributed by atoms with Gasteiger partial charge in [-0.05, 0) is 49.6 Å². The summed E-state index contributed by atoms with van der Waals surface area (Å²) < 4.78 is 5.14. The van der Waals surface area contributed by atoms with Crippen LogP contribution < -0.4 is 15.4 Å². The lowest BCUT2D eigenvalue weighted by molar-refractivity contribution is 0.370. The summed E-state index contributed by atoms with van der Waals surface area (Å²) in [6.45, 7) is 5.39. The molecule has 0 fully saturated rings. The molecule has 2 aromatic carbocycles. The number of hydrogen-bond acceptors (Lipinski definition) is 3. The van der Waals surface area contributed by atoms with Crippen LogP contribution >= 0.6 is 35.6 Å². The molecular formula is C20H27ClIN3O2. The molecule has 0 saturated carbocycles. The summed E-state index contributed by atoms with van der Waals surface area (Å²) >= 11 is 6.07. The molecule has 5 nitrogen and oxygen atoms in total. The molecule has 0 amide bonds. The first-order valence-corrected chi connectivity index (χ1v) is 9.08. The van der Waals surface area contributed by atoms with Gasteiger partial charge < -0.3 is 20.5 Å². The zero-order valence-electron chi connectivity index (χ0n) is 15.8. The van der Waals surface area contributed by atoms with Gasteiger partial charge in [0.15, 0.2) is 17.5 Å². The van der Waals surface area contributed by atoms with Crippen molar-refractivity contribution in [2.24, 2.45) is 4.99 Å². The van der Waals surface area contributed by atoms with Gasteiger partial charge in [-0.3, -0.25) is 4.99 Å². The highest BCUT2D eigenvalue weighted by molar-refractivity contribution is 14.0. The number of benzene rings is 2. The molecule has 0 aromatic heterocycles. The second-order valence-electron chi connectivity index (χ2n) is 5.90. The van der Waals surface area contributed by atoms with Crippen LogP contribution in [0.1, 0.15) is 31.0 Å². The number of aliphatic imine (C=N–C) groups is 1. The van der Waals surface area contributed by atoms with Crippen LogP contribution in [-0.2, 0) is 6.42 Å². The molecule has 3 N–H and O–H groups in total. The Bertz CT molecular complexity index is 756. The highest BCUT2D eigenvalue weighted by Crippen LogP contribution is 2.29. The number of para-hydroxylation sites is 1. The fourth-order valence-electron chi connectivity index (χ4n) is 2.61. The van der Waals surface area contributed by atoms with Crippen molar-refractivity contribution in [1.82, 2.24) is 10.6 Å². The van der Waals surface area contributed by atoms with Crippen LogP contribution in [0, 0.1) is 0 Å². The molecule has 0 radical (unpaired) electrons. The second kappa shape index (κ2) is 11.9. The lowest BCUT2D eigenvalue weighted by Crippen LogP contribution is -2.38. The van der Waals surface area contributed by atoms with Crippen LogP contribution in [0.25, 0.3) is 0 Å². The fourth-order valence-corrected chi connectivity index (χ4v) is 2.81. The first-order chi connectivity index (χ1) is 12.5. The van der Waals surface area contributed by atoms with E-state index in [0.717, 1.165) is 23.6 Å². The summed E-state index contributed by atoms with van der Waals surface area (Å²) in [5.41, 5.74) is 1.90. The van der Waals surface area contributed by atoms with E-state index in [2.05, 4.69) is 22.5 Å². The van der Waals surface area contributed by atoms with Crippen LogP contribution in [0.5, 0.6) is 11.5 Å². The lowest BCUT2D eigenvalue weighted by atomic mass is 10.1. The number of nitrogens with zero attached hydrogens (tertiary/aromatic N) is 1. The van der Waals surface area contributed by atoms with E-state index in [1.54, 1.807) is 13.2 Å². The monoisotopic (exact) mass is 503 g/mol. The summed E-state index contributed by atoms with van der Waals surface area (Å²) in [5.74, 6) is 1.38. The molecule has 0 heterocycles. The van der Waals surface area contributed by atoms with Crippen molar-refractivity contribution < 1.29 is 9.84 Å². The molecule has 0 aliphatic heterocycles. The van der Waals surface area contributed by atoms with Gasteiger partial charge in [0, 0.05) is 18.1 Å². The molecule has 2 aromatic rings. The average molecular weight is 504 g/mol. The number of rotatable bonds is 7. The first-order valence-electron chi connectivity index (χ1n) is 8.70. The Morgan fingerprint density at radius 1 is 1.26 bits per heavy atom. The highest BCUT2D eigenvalue weighted by atomic mass is 127. The first kappa shape index (κ1) is 23.4. The number of methoxy groups -OCH3 is 1. The van der Waals surface area contributed by atoms with Gasteiger partial charge in [-0.15, -0.1) is 24.0 Å². The van der Waals surface area contributed by atoms with E-state index in [1.165, 1.54) is 0 Å². The van der Waals surface area contributed by atoms with Gasteiger partial charge in [-0.2, -0.15) is 0 Å². The van der Waals surface area contributed by atoms with Crippen molar-refractivity contribution in [2.75, 3.05) is 20.2 Å². The molecule has 0 bridgehead atoms. The minimum absolute atomic E-state index is 0. The predicted molar refractivity (Wildman–Crippen MR) is 123 cm³/mol. The third-order valence-electron chi connectivity index (χ3n) is 4.00. The number of guanidine groups is 1. The molecule has 0 spiro atoms. The molecule has 27 heavy (non-hydrogen) atoms. The van der Waals surface area contributed by atoms with E-state index in [4.69, 9.17) is 16.3 Å². The number of phenols is 1. The van der Waals surface area contributed by atoms with E-state index in [-0.39, 0.29) is 35.8 Å². The van der Waals surface area contributed by atoms with E-state index >= 15 is 0 Å². The Morgan fingerprint density at radius 2 is 2.00 bits per heavy atom. The van der Waals surface area contributed by atoms with E-state index in [1.807, 2.05) is 43.3 Å². The Hall–Kier alpha value is -1.67. The Labute approximate surface area is 183 Å². The predicted octanol–water partition coefficient (Wildman–Crippen LogP) is 4.53. The van der Waals surface area contributed by atoms with Gasteiger partial charge in [0.25, 0.3) is 0 Å². The number of phenolic OH excluding ortho intramolecular Hbond substituents is 1. The van der Waals surface area contributed by atoms with Gasteiger partial charge in [0.05, 0.1) is 13.2 Å². The lowest BCUT2D eigenvalue weighted by Gasteiger charge is -2.18. The van der Waals surface area contributed by atoms with Crippen LogP contribution in [0.3, 0.4) is 0 Å². The van der Waals surface area contributed by atoms with Gasteiger partial charge in [-0.1, -0.05) is 35.9 Å². The smallest absolute Gasteiger partial charge is 0.191 e. The zero-order chi connectivity index (χ0) is 18.9. The van der Waals surface area contributed by atoms with Crippen LogP contribution in [0.2, 0.25) is 5.02 Å². The topological polar surface area (TPSA) is 65.9 Å². The van der Waals surface area contributed by atoms with Crippen LogP contribution in [0.4, 0.5) is 0 Å². The maximum Gasteiger partial charge on any atom is 0.191 e. The van der Waals surface area contributed by atoms with Gasteiger partial charge in [-0.25, -0.2) is 0 Å². The SMILES string of the molecule is CCNC(=NCCc1cccc(OC)c1O)NC(C)c1cccc(Cl)c1.I. The molecule has 1 unspecified atom stereocenters. The van der Waals surface area contributed by atoms with Gasteiger partial charge in [0.1, 0.15) is 0 Å². The maximum atomic E-state index is 10.2. The van der Waals surface area contributed by atoms with Crippen molar-refractivity contribution in [2.45, 2.75) is 26.3 Å². The molecule has 0 aliphatic carbocycles. The number of aromatic hydroxyl groups is 1. The summed E-state index contributed by atoms with van der Waals surface area (Å²) in [6, 6.07) is 13.3. The van der Waals surface area contributed by atoms with Crippen molar-refractivity contribution in [1.29, 1.82) is 0 Å². The Balaban J connectivity index is 0.00000364. The van der Waals surface area contributed by atoms with Crippen molar-refractivity contribution in [3.8, 4) is 11.5 Å². The molecule has 148 valence electrons. The van der Waals surface area contributed by atoms with Crippen molar-refractivity contribution in [3.05, 3.63) is 58.6 Å². The van der Waals surface area contributed by atoms with Crippen LogP contribution in [0.15, 0.2) is 47.5 Å². The van der Waals surface area contributed by atoms with Crippen LogP contribution in [-0.4, -0.2) is 31.3 Å². The van der Waals surface area contributed by atoms with Gasteiger partial charge >= 0.3 is 0 Å². The third-order valence-corrected chi connectivity index (χ3v) is 4.23. The maximum absolute atomic E-state index is 10.2. The minimum atomic E-state index is 0. The van der Waals surface area contributed by atoms with Crippen molar-refractivity contribution in [3.63, 3.8) is 0 Å². The summed E-state index contributed by atoms with van der Waals surface area (Å²) in [4.78, 5) is 4.60. The molecule has 7 heteroatoms. The normalized spacial score (nSPS) is 12.1. The quantitative estimate of drug-likeness (QED) is 0.295. The largest absolute Gasteiger partial charge is 0.504 e. The highest BCUT2D eigenvalue weighted by Gasteiger charge is 2.09. The summed E-state index contributed by atoms with van der Waals surface area (Å²) in [5, 5.41) is 17.5. The van der Waals surface area contributed by atoms with Crippen molar-refractivity contribution >= 4 is 41.5 Å². The van der Waals surface area contributed by atoms with E-state index in [9.17, 15) is 5.11 Å². The molecular weight excluding hydrogens is 477 g/mol. The number of halogens is 2. The number of ether oxygens (including phenoxy) is 1. The average Bonchev–Trinajstić information content (AvgIpc) is 2.63. The zero-order valence-corrected chi connectivity index (χ0v) is 18.9. The molecule has 0 saturated heterocycles. The molecule has 0 aliphatic rings. The fraction of sp³-hybridized carbons (Fsp3) is 0.350. The van der Waals surface area contributed by atoms with E-state index in [0.29, 0.717) is 23.7 Å². The minimum Gasteiger partial charge on any atom is -0.504 e. The Morgan fingerprint density at radius 3 is 2.67 bits per heavy atom. The standard InChI is InChI=1S/C20H26ClN3O2.HI/c1-4-22-20(24-14(2)16-8-5-9-17(21)13-16)23-12-11-15-7-6-10-18(26-3)19(15)25;/h5-10,13-14,25H,4,11-12H2,1-3H3,(H2,22,23,24);1H. The number of nitrogens with one attached hydrogen (secondary N) is 2. The van der Waals surface area contributed by atoms with Gasteiger partial charge in [0.2, 0.25) is 0 Å². The summed E-state index contributed by atoms with van der Waals surface area (Å²) in [6.07, 6.45) is 0.616.